The van der Waals surface area contributed by atoms with Crippen LogP contribution in [0.25, 0.3) is 0 Å². The summed E-state index contributed by atoms with van der Waals surface area (Å²) in [4.78, 5) is 11.9. The summed E-state index contributed by atoms with van der Waals surface area (Å²) in [6.45, 7) is 8.68. The van der Waals surface area contributed by atoms with E-state index in [0.29, 0.717) is 0 Å². The van der Waals surface area contributed by atoms with Crippen molar-refractivity contribution in [1.29, 1.82) is 0 Å². The van der Waals surface area contributed by atoms with E-state index < -0.39 is 6.04 Å². The van der Waals surface area contributed by atoms with Gasteiger partial charge in [0.15, 0.2) is 0 Å². The van der Waals surface area contributed by atoms with Gasteiger partial charge in [-0.15, -0.1) is 0 Å². The summed E-state index contributed by atoms with van der Waals surface area (Å²) >= 11 is 0. The quantitative estimate of drug-likeness (QED) is 0.742. The van der Waals surface area contributed by atoms with E-state index in [1.54, 1.807) is 0 Å². The number of ether oxygens (including phenoxy) is 1. The molecule has 94 valence electrons. The maximum Gasteiger partial charge on any atom is 0.237 e. The number of amides is 1. The van der Waals surface area contributed by atoms with Crippen LogP contribution in [0.2, 0.25) is 0 Å². The van der Waals surface area contributed by atoms with Gasteiger partial charge in [-0.3, -0.25) is 4.79 Å². The molecular weight excluding hydrogens is 204 g/mol. The van der Waals surface area contributed by atoms with Gasteiger partial charge in [0.2, 0.25) is 5.91 Å². The number of hydrogen-bond acceptors (Lipinski definition) is 3. The number of nitrogens with one attached hydrogen (secondary N) is 1. The minimum Gasteiger partial charge on any atom is -0.378 e. The van der Waals surface area contributed by atoms with Crippen LogP contribution in [0, 0.1) is 5.41 Å². The molecule has 1 amide bonds. The van der Waals surface area contributed by atoms with Crippen molar-refractivity contribution in [2.45, 2.75) is 58.7 Å². The first-order chi connectivity index (χ1) is 7.30. The summed E-state index contributed by atoms with van der Waals surface area (Å²) in [5.41, 5.74) is 5.71. The maximum absolute atomic E-state index is 11.9. The standard InChI is InChI=1S/C12H24N2O2/c1-8-7-9(5-6-16-8)14-11(15)10(13)12(2,3)4/h8-10H,5-7,13H2,1-4H3,(H,14,15)/t8?,9?,10-/m0/s1. The molecule has 0 saturated carbocycles. The van der Waals surface area contributed by atoms with Gasteiger partial charge >= 0.3 is 0 Å². The van der Waals surface area contributed by atoms with E-state index in [4.69, 9.17) is 10.5 Å². The minimum absolute atomic E-state index is 0.0494. The zero-order chi connectivity index (χ0) is 12.3. The third kappa shape index (κ3) is 3.76. The van der Waals surface area contributed by atoms with Gasteiger partial charge in [0, 0.05) is 12.6 Å². The topological polar surface area (TPSA) is 64.4 Å². The van der Waals surface area contributed by atoms with Crippen LogP contribution in [0.4, 0.5) is 0 Å². The Morgan fingerprint density at radius 3 is 2.62 bits per heavy atom. The lowest BCUT2D eigenvalue weighted by molar-refractivity contribution is -0.126. The summed E-state index contributed by atoms with van der Waals surface area (Å²) in [7, 11) is 0. The molecule has 2 unspecified atom stereocenters. The molecule has 1 fully saturated rings. The highest BCUT2D eigenvalue weighted by atomic mass is 16.5. The third-order valence-corrected chi connectivity index (χ3v) is 3.05. The van der Waals surface area contributed by atoms with Crippen molar-refractivity contribution in [3.05, 3.63) is 0 Å². The molecule has 4 nitrogen and oxygen atoms in total. The molecule has 0 aliphatic carbocycles. The monoisotopic (exact) mass is 228 g/mol. The highest BCUT2D eigenvalue weighted by molar-refractivity contribution is 5.82. The number of nitrogens with two attached hydrogens (primary N) is 1. The lowest BCUT2D eigenvalue weighted by Crippen LogP contribution is -2.52. The Kier molecular flexibility index (Phi) is 4.33. The average Bonchev–Trinajstić information content (AvgIpc) is 2.15. The molecule has 0 aromatic rings. The molecule has 0 radical (unpaired) electrons. The Morgan fingerprint density at radius 2 is 2.12 bits per heavy atom. The van der Waals surface area contributed by atoms with Gasteiger partial charge in [0.25, 0.3) is 0 Å². The molecule has 16 heavy (non-hydrogen) atoms. The van der Waals surface area contributed by atoms with Gasteiger partial charge < -0.3 is 15.8 Å². The third-order valence-electron chi connectivity index (χ3n) is 3.05. The second-order valence-electron chi connectivity index (χ2n) is 5.75. The van der Waals surface area contributed by atoms with Gasteiger partial charge in [-0.1, -0.05) is 20.8 Å². The highest BCUT2D eigenvalue weighted by Gasteiger charge is 2.30. The normalized spacial score (nSPS) is 28.6. The Hall–Kier alpha value is -0.610. The molecule has 1 aliphatic heterocycles. The molecule has 1 rings (SSSR count). The summed E-state index contributed by atoms with van der Waals surface area (Å²) in [6.07, 6.45) is 1.99. The first kappa shape index (κ1) is 13.5. The van der Waals surface area contributed by atoms with Crippen LogP contribution in [-0.2, 0) is 9.53 Å². The van der Waals surface area contributed by atoms with Crippen molar-refractivity contribution in [2.24, 2.45) is 11.1 Å². The molecule has 0 spiro atoms. The molecule has 4 heteroatoms. The summed E-state index contributed by atoms with van der Waals surface area (Å²) in [6, 6.07) is -0.240. The summed E-state index contributed by atoms with van der Waals surface area (Å²) in [5.74, 6) is -0.0494. The van der Waals surface area contributed by atoms with Gasteiger partial charge in [0.1, 0.15) is 0 Å². The lowest BCUT2D eigenvalue weighted by Gasteiger charge is -2.31. The molecule has 1 heterocycles. The predicted molar refractivity (Wildman–Crippen MR) is 64.0 cm³/mol. The van der Waals surface area contributed by atoms with Gasteiger partial charge in [-0.25, -0.2) is 0 Å². The second-order valence-corrected chi connectivity index (χ2v) is 5.75. The van der Waals surface area contributed by atoms with Crippen molar-refractivity contribution in [3.8, 4) is 0 Å². The van der Waals surface area contributed by atoms with Crippen LogP contribution >= 0.6 is 0 Å². The zero-order valence-corrected chi connectivity index (χ0v) is 10.7. The van der Waals surface area contributed by atoms with Crippen molar-refractivity contribution in [2.75, 3.05) is 6.61 Å². The molecule has 0 aromatic heterocycles. The van der Waals surface area contributed by atoms with E-state index in [-0.39, 0.29) is 23.5 Å². The van der Waals surface area contributed by atoms with Crippen LogP contribution < -0.4 is 11.1 Å². The van der Waals surface area contributed by atoms with Crippen LogP contribution in [-0.4, -0.2) is 30.7 Å². The number of rotatable bonds is 2. The lowest BCUT2D eigenvalue weighted by atomic mass is 9.86. The second kappa shape index (κ2) is 5.15. The summed E-state index contributed by atoms with van der Waals surface area (Å²) in [5, 5.41) is 3.01. The van der Waals surface area contributed by atoms with Gasteiger partial charge in [-0.2, -0.15) is 0 Å². The Bertz CT molecular complexity index is 248. The molecule has 0 aromatic carbocycles. The van der Waals surface area contributed by atoms with E-state index in [1.807, 2.05) is 27.7 Å². The Balaban J connectivity index is 2.45. The molecule has 3 atom stereocenters. The van der Waals surface area contributed by atoms with Crippen LogP contribution in [0.5, 0.6) is 0 Å². The molecule has 3 N–H and O–H groups in total. The SMILES string of the molecule is CC1CC(NC(=O)[C@H](N)C(C)(C)C)CCO1. The van der Waals surface area contributed by atoms with Crippen LogP contribution in [0.3, 0.4) is 0 Å². The van der Waals surface area contributed by atoms with Crippen LogP contribution in [0.15, 0.2) is 0 Å². The van der Waals surface area contributed by atoms with E-state index in [2.05, 4.69) is 5.32 Å². The summed E-state index contributed by atoms with van der Waals surface area (Å²) < 4.78 is 5.43. The number of carbonyl (C=O) groups is 1. The van der Waals surface area contributed by atoms with E-state index in [9.17, 15) is 4.79 Å². The Morgan fingerprint density at radius 1 is 1.50 bits per heavy atom. The molecular formula is C12H24N2O2. The smallest absolute Gasteiger partial charge is 0.237 e. The molecule has 0 bridgehead atoms. The highest BCUT2D eigenvalue weighted by Crippen LogP contribution is 2.19. The zero-order valence-electron chi connectivity index (χ0n) is 10.7. The number of carbonyl (C=O) groups excluding carboxylic acids is 1. The average molecular weight is 228 g/mol. The van der Waals surface area contributed by atoms with Crippen molar-refractivity contribution in [3.63, 3.8) is 0 Å². The van der Waals surface area contributed by atoms with E-state index in [0.717, 1.165) is 19.4 Å². The first-order valence-electron chi connectivity index (χ1n) is 5.98. The number of hydrogen-bond donors (Lipinski definition) is 2. The maximum atomic E-state index is 11.9. The largest absolute Gasteiger partial charge is 0.378 e. The molecule has 1 aliphatic rings. The van der Waals surface area contributed by atoms with Crippen molar-refractivity contribution in [1.82, 2.24) is 5.32 Å². The van der Waals surface area contributed by atoms with Gasteiger partial charge in [0.05, 0.1) is 12.1 Å². The molecule has 1 saturated heterocycles. The fourth-order valence-electron chi connectivity index (χ4n) is 1.81. The fraction of sp³-hybridized carbons (Fsp3) is 0.917. The van der Waals surface area contributed by atoms with Crippen molar-refractivity contribution < 1.29 is 9.53 Å². The predicted octanol–water partition coefficient (Wildman–Crippen LogP) is 1.04. The Labute approximate surface area is 97.9 Å². The van der Waals surface area contributed by atoms with Crippen LogP contribution in [0.1, 0.15) is 40.5 Å². The van der Waals surface area contributed by atoms with Crippen molar-refractivity contribution >= 4 is 5.91 Å². The van der Waals surface area contributed by atoms with E-state index >= 15 is 0 Å². The first-order valence-corrected chi connectivity index (χ1v) is 5.98. The minimum atomic E-state index is -0.453. The fourth-order valence-corrected chi connectivity index (χ4v) is 1.81. The van der Waals surface area contributed by atoms with Gasteiger partial charge in [-0.05, 0) is 25.2 Å². The van der Waals surface area contributed by atoms with E-state index in [1.165, 1.54) is 0 Å².